The molecule has 0 spiro atoms. The van der Waals surface area contributed by atoms with E-state index < -0.39 is 6.43 Å². The lowest BCUT2D eigenvalue weighted by Gasteiger charge is -2.09. The van der Waals surface area contributed by atoms with Gasteiger partial charge in [-0.15, -0.1) is 0 Å². The van der Waals surface area contributed by atoms with E-state index in [4.69, 9.17) is 5.26 Å². The van der Waals surface area contributed by atoms with Gasteiger partial charge in [0.05, 0.1) is 5.56 Å². The minimum absolute atomic E-state index is 0.199. The molecule has 74 valence electrons. The summed E-state index contributed by atoms with van der Waals surface area (Å²) in [5, 5.41) is 8.91. The molecule has 0 aliphatic heterocycles. The standard InChI is InChI=1S/C8H4BrF2IN2/c9-1-4-5(12)3-14-6(2-13)7(4)8(10)11/h3,8H,1H2. The normalized spacial score (nSPS) is 10.3. The van der Waals surface area contributed by atoms with Crippen molar-refractivity contribution >= 4 is 38.5 Å². The van der Waals surface area contributed by atoms with Gasteiger partial charge in [0.15, 0.2) is 0 Å². The molecule has 0 saturated heterocycles. The largest absolute Gasteiger partial charge is 0.266 e. The molecular formula is C8H4BrF2IN2. The second-order valence-corrected chi connectivity index (χ2v) is 4.12. The van der Waals surface area contributed by atoms with E-state index in [1.54, 1.807) is 6.07 Å². The van der Waals surface area contributed by atoms with Gasteiger partial charge < -0.3 is 0 Å². The molecule has 1 aromatic rings. The lowest BCUT2D eigenvalue weighted by atomic mass is 10.1. The van der Waals surface area contributed by atoms with Gasteiger partial charge >= 0.3 is 0 Å². The maximum Gasteiger partial charge on any atom is 0.266 e. The SMILES string of the molecule is N#Cc1ncc(I)c(CBr)c1C(F)F. The van der Waals surface area contributed by atoms with Crippen LogP contribution in [-0.2, 0) is 5.33 Å². The highest BCUT2D eigenvalue weighted by Crippen LogP contribution is 2.29. The summed E-state index contributed by atoms with van der Waals surface area (Å²) in [5.74, 6) is 0. The average Bonchev–Trinajstić information content (AvgIpc) is 2.17. The van der Waals surface area contributed by atoms with Crippen molar-refractivity contribution in [2.45, 2.75) is 11.8 Å². The molecule has 6 heteroatoms. The van der Waals surface area contributed by atoms with E-state index in [9.17, 15) is 8.78 Å². The van der Waals surface area contributed by atoms with E-state index in [-0.39, 0.29) is 11.3 Å². The summed E-state index contributed by atoms with van der Waals surface area (Å²) >= 11 is 5.03. The zero-order valence-corrected chi connectivity index (χ0v) is 10.5. The maximum absolute atomic E-state index is 12.6. The highest BCUT2D eigenvalue weighted by atomic mass is 127. The molecule has 1 heterocycles. The number of alkyl halides is 3. The number of aromatic nitrogens is 1. The first-order valence-electron chi connectivity index (χ1n) is 3.53. The molecule has 0 aliphatic rings. The van der Waals surface area contributed by atoms with Crippen molar-refractivity contribution in [3.63, 3.8) is 0 Å². The molecule has 1 aromatic heterocycles. The predicted octanol–water partition coefficient (Wildman–Crippen LogP) is 3.39. The van der Waals surface area contributed by atoms with E-state index in [0.717, 1.165) is 0 Å². The van der Waals surface area contributed by atoms with E-state index in [1.165, 1.54) is 6.20 Å². The van der Waals surface area contributed by atoms with Crippen LogP contribution in [0.2, 0.25) is 0 Å². The molecule has 0 saturated carbocycles. The van der Waals surface area contributed by atoms with Gasteiger partial charge in [0.2, 0.25) is 0 Å². The van der Waals surface area contributed by atoms with E-state index >= 15 is 0 Å². The Kier molecular flexibility index (Phi) is 4.19. The number of pyridine rings is 1. The van der Waals surface area contributed by atoms with Crippen molar-refractivity contribution in [3.8, 4) is 6.07 Å². The number of halogens is 4. The number of hydrogen-bond donors (Lipinski definition) is 0. The third-order valence-corrected chi connectivity index (χ3v) is 3.12. The summed E-state index contributed by atoms with van der Waals surface area (Å²) < 4.78 is 25.9. The van der Waals surface area contributed by atoms with Gasteiger partial charge in [0, 0.05) is 15.1 Å². The summed E-state index contributed by atoms with van der Waals surface area (Å²) in [4.78, 5) is 3.66. The summed E-state index contributed by atoms with van der Waals surface area (Å²) in [6.45, 7) is 0. The van der Waals surface area contributed by atoms with Crippen LogP contribution in [0.5, 0.6) is 0 Å². The van der Waals surface area contributed by atoms with Crippen LogP contribution in [0.4, 0.5) is 8.78 Å². The first-order chi connectivity index (χ1) is 6.61. The Morgan fingerprint density at radius 2 is 2.29 bits per heavy atom. The Bertz CT molecular complexity index is 390. The van der Waals surface area contributed by atoms with Crippen molar-refractivity contribution in [1.29, 1.82) is 5.26 Å². The van der Waals surface area contributed by atoms with Crippen molar-refractivity contribution in [2.75, 3.05) is 0 Å². The number of hydrogen-bond acceptors (Lipinski definition) is 2. The van der Waals surface area contributed by atoms with Crippen LogP contribution in [0.3, 0.4) is 0 Å². The van der Waals surface area contributed by atoms with Gasteiger partial charge in [-0.05, 0) is 28.2 Å². The monoisotopic (exact) mass is 372 g/mol. The van der Waals surface area contributed by atoms with E-state index in [1.807, 2.05) is 22.6 Å². The zero-order chi connectivity index (χ0) is 10.7. The summed E-state index contributed by atoms with van der Waals surface area (Å²) in [5.41, 5.74) is -0.0294. The molecular weight excluding hydrogens is 369 g/mol. The Morgan fingerprint density at radius 3 is 2.71 bits per heavy atom. The Morgan fingerprint density at radius 1 is 1.64 bits per heavy atom. The molecule has 0 bridgehead atoms. The number of nitrogens with zero attached hydrogens (tertiary/aromatic N) is 2. The first-order valence-corrected chi connectivity index (χ1v) is 5.73. The molecule has 0 unspecified atom stereocenters. The minimum Gasteiger partial charge on any atom is -0.244 e. The summed E-state index contributed by atoms with van der Waals surface area (Å²) in [7, 11) is 0. The van der Waals surface area contributed by atoms with Gasteiger partial charge in [-0.2, -0.15) is 5.26 Å². The van der Waals surface area contributed by atoms with Gasteiger partial charge in [-0.25, -0.2) is 13.8 Å². The Hall–Kier alpha value is -0.290. The molecule has 0 N–H and O–H groups in total. The quantitative estimate of drug-likeness (QED) is 0.589. The molecule has 0 aromatic carbocycles. The van der Waals surface area contributed by atoms with Crippen molar-refractivity contribution in [1.82, 2.24) is 4.98 Å². The topological polar surface area (TPSA) is 36.7 Å². The number of nitriles is 1. The number of rotatable bonds is 2. The van der Waals surface area contributed by atoms with Crippen molar-refractivity contribution < 1.29 is 8.78 Å². The summed E-state index contributed by atoms with van der Waals surface area (Å²) in [6.07, 6.45) is -1.25. The molecule has 0 radical (unpaired) electrons. The van der Waals surface area contributed by atoms with Crippen LogP contribution in [0.1, 0.15) is 23.2 Å². The maximum atomic E-state index is 12.6. The molecule has 0 aliphatic carbocycles. The van der Waals surface area contributed by atoms with Gasteiger partial charge in [-0.3, -0.25) is 0 Å². The summed E-state index contributed by atoms with van der Waals surface area (Å²) in [6, 6.07) is 1.66. The lowest BCUT2D eigenvalue weighted by Crippen LogP contribution is -2.02. The van der Waals surface area contributed by atoms with Crippen LogP contribution < -0.4 is 0 Å². The first kappa shape index (κ1) is 11.8. The van der Waals surface area contributed by atoms with Gasteiger partial charge in [0.1, 0.15) is 11.8 Å². The fraction of sp³-hybridized carbons (Fsp3) is 0.250. The van der Waals surface area contributed by atoms with Crippen LogP contribution in [0.15, 0.2) is 6.20 Å². The molecule has 2 nitrogen and oxygen atoms in total. The minimum atomic E-state index is -2.67. The molecule has 1 rings (SSSR count). The van der Waals surface area contributed by atoms with Crippen molar-refractivity contribution in [3.05, 3.63) is 26.6 Å². The molecule has 0 atom stereocenters. The smallest absolute Gasteiger partial charge is 0.244 e. The average molecular weight is 373 g/mol. The van der Waals surface area contributed by atoms with Gasteiger partial charge in [-0.1, -0.05) is 15.9 Å². The lowest BCUT2D eigenvalue weighted by molar-refractivity contribution is 0.149. The highest BCUT2D eigenvalue weighted by molar-refractivity contribution is 14.1. The second-order valence-electron chi connectivity index (χ2n) is 2.39. The third-order valence-electron chi connectivity index (χ3n) is 1.63. The van der Waals surface area contributed by atoms with Crippen LogP contribution in [-0.4, -0.2) is 4.98 Å². The van der Waals surface area contributed by atoms with Gasteiger partial charge in [0.25, 0.3) is 6.43 Å². The predicted molar refractivity (Wildman–Crippen MR) is 59.3 cm³/mol. The fourth-order valence-electron chi connectivity index (χ4n) is 1.00. The van der Waals surface area contributed by atoms with E-state index in [0.29, 0.717) is 14.5 Å². The molecule has 0 fully saturated rings. The fourth-order valence-corrected chi connectivity index (χ4v) is 2.75. The Labute approximate surface area is 102 Å². The highest BCUT2D eigenvalue weighted by Gasteiger charge is 2.20. The van der Waals surface area contributed by atoms with Crippen LogP contribution >= 0.6 is 38.5 Å². The van der Waals surface area contributed by atoms with Crippen LogP contribution in [0.25, 0.3) is 0 Å². The molecule has 14 heavy (non-hydrogen) atoms. The zero-order valence-electron chi connectivity index (χ0n) is 6.77. The van der Waals surface area contributed by atoms with Crippen LogP contribution in [0, 0.1) is 14.9 Å². The van der Waals surface area contributed by atoms with Crippen molar-refractivity contribution in [2.24, 2.45) is 0 Å². The Balaban J connectivity index is 3.46. The third kappa shape index (κ3) is 2.20. The van der Waals surface area contributed by atoms with E-state index in [2.05, 4.69) is 20.9 Å². The second kappa shape index (κ2) is 4.98. The molecule has 0 amide bonds.